The minimum Gasteiger partial charge on any atom is -0.395 e. The summed E-state index contributed by atoms with van der Waals surface area (Å²) in [6.07, 6.45) is -1.41. The molecular formula is C13H18F3N3O. The van der Waals surface area contributed by atoms with E-state index in [1.807, 2.05) is 4.90 Å². The second-order valence-electron chi connectivity index (χ2n) is 4.87. The van der Waals surface area contributed by atoms with Crippen molar-refractivity contribution in [2.75, 3.05) is 31.1 Å². The highest BCUT2D eigenvalue weighted by Gasteiger charge is 2.31. The van der Waals surface area contributed by atoms with Crippen molar-refractivity contribution in [2.24, 2.45) is 0 Å². The zero-order chi connectivity index (χ0) is 14.6. The Labute approximate surface area is 115 Å². The second kappa shape index (κ2) is 6.41. The first kappa shape index (κ1) is 15.1. The Bertz CT molecular complexity index is 416. The normalized spacial score (nSPS) is 19.3. The maximum Gasteiger partial charge on any atom is 0.417 e. The summed E-state index contributed by atoms with van der Waals surface area (Å²) in [6, 6.07) is 2.67. The van der Waals surface area contributed by atoms with E-state index in [9.17, 15) is 13.2 Å². The van der Waals surface area contributed by atoms with Crippen molar-refractivity contribution in [3.63, 3.8) is 0 Å². The molecule has 1 aliphatic heterocycles. The summed E-state index contributed by atoms with van der Waals surface area (Å²) in [5.74, 6) is 0.459. The van der Waals surface area contributed by atoms with Crippen LogP contribution in [0.15, 0.2) is 18.3 Å². The number of pyridine rings is 1. The van der Waals surface area contributed by atoms with Crippen molar-refractivity contribution >= 4 is 5.82 Å². The lowest BCUT2D eigenvalue weighted by Gasteiger charge is -2.26. The number of hydrogen-bond acceptors (Lipinski definition) is 4. The molecule has 1 aromatic rings. The van der Waals surface area contributed by atoms with Gasteiger partial charge in [-0.05, 0) is 31.5 Å². The molecule has 4 nitrogen and oxygen atoms in total. The zero-order valence-corrected chi connectivity index (χ0v) is 11.0. The Balaban J connectivity index is 2.08. The van der Waals surface area contributed by atoms with Crippen molar-refractivity contribution in [1.82, 2.24) is 10.3 Å². The first-order chi connectivity index (χ1) is 9.50. The van der Waals surface area contributed by atoms with Crippen molar-refractivity contribution in [3.8, 4) is 0 Å². The summed E-state index contributed by atoms with van der Waals surface area (Å²) in [6.45, 7) is 1.89. The van der Waals surface area contributed by atoms with Gasteiger partial charge in [0, 0.05) is 25.3 Å². The van der Waals surface area contributed by atoms with E-state index in [1.54, 1.807) is 0 Å². The molecule has 1 unspecified atom stereocenters. The molecule has 0 aromatic carbocycles. The average molecular weight is 289 g/mol. The number of aromatic nitrogens is 1. The number of hydrogen-bond donors (Lipinski definition) is 2. The minimum atomic E-state index is -4.37. The lowest BCUT2D eigenvalue weighted by molar-refractivity contribution is -0.137. The fraction of sp³-hybridized carbons (Fsp3) is 0.615. The van der Waals surface area contributed by atoms with Gasteiger partial charge in [-0.25, -0.2) is 4.98 Å². The third-order valence-corrected chi connectivity index (χ3v) is 3.37. The van der Waals surface area contributed by atoms with Crippen LogP contribution in [0.2, 0.25) is 0 Å². The van der Waals surface area contributed by atoms with Gasteiger partial charge in [0.05, 0.1) is 12.2 Å². The summed E-state index contributed by atoms with van der Waals surface area (Å²) < 4.78 is 37.5. The highest BCUT2D eigenvalue weighted by Crippen LogP contribution is 2.29. The van der Waals surface area contributed by atoms with Gasteiger partial charge in [-0.1, -0.05) is 0 Å². The van der Waals surface area contributed by atoms with E-state index in [4.69, 9.17) is 5.11 Å². The number of alkyl halides is 3. The molecule has 20 heavy (non-hydrogen) atoms. The Morgan fingerprint density at radius 1 is 1.40 bits per heavy atom. The predicted molar refractivity (Wildman–Crippen MR) is 69.6 cm³/mol. The third kappa shape index (κ3) is 3.83. The highest BCUT2D eigenvalue weighted by atomic mass is 19.4. The molecule has 0 spiro atoms. The topological polar surface area (TPSA) is 48.4 Å². The molecule has 0 aliphatic carbocycles. The minimum absolute atomic E-state index is 0.0601. The van der Waals surface area contributed by atoms with Gasteiger partial charge in [-0.15, -0.1) is 0 Å². The van der Waals surface area contributed by atoms with Crippen molar-refractivity contribution in [3.05, 3.63) is 23.9 Å². The molecule has 0 bridgehead atoms. The van der Waals surface area contributed by atoms with E-state index in [2.05, 4.69) is 10.3 Å². The summed E-state index contributed by atoms with van der Waals surface area (Å²) in [5.41, 5.74) is -0.760. The zero-order valence-electron chi connectivity index (χ0n) is 11.0. The van der Waals surface area contributed by atoms with E-state index >= 15 is 0 Å². The maximum absolute atomic E-state index is 12.5. The molecule has 1 aromatic heterocycles. The Morgan fingerprint density at radius 3 is 2.70 bits per heavy atom. The van der Waals surface area contributed by atoms with Crippen LogP contribution in [-0.2, 0) is 6.18 Å². The van der Waals surface area contributed by atoms with Crippen LogP contribution in [0.1, 0.15) is 18.4 Å². The molecule has 7 heteroatoms. The molecule has 1 aliphatic rings. The van der Waals surface area contributed by atoms with Gasteiger partial charge in [-0.2, -0.15) is 13.2 Å². The number of nitrogens with one attached hydrogen (secondary N) is 1. The predicted octanol–water partition coefficient (Wildman–Crippen LogP) is 1.65. The summed E-state index contributed by atoms with van der Waals surface area (Å²) in [4.78, 5) is 5.68. The molecule has 1 fully saturated rings. The van der Waals surface area contributed by atoms with E-state index in [-0.39, 0.29) is 6.61 Å². The number of halogens is 3. The third-order valence-electron chi connectivity index (χ3n) is 3.37. The van der Waals surface area contributed by atoms with Gasteiger partial charge in [-0.3, -0.25) is 0 Å². The van der Waals surface area contributed by atoms with Gasteiger partial charge < -0.3 is 15.3 Å². The molecular weight excluding hydrogens is 271 g/mol. The molecule has 1 saturated heterocycles. The van der Waals surface area contributed by atoms with E-state index < -0.39 is 11.7 Å². The summed E-state index contributed by atoms with van der Waals surface area (Å²) in [7, 11) is 0. The fourth-order valence-electron chi connectivity index (χ4n) is 2.34. The Hall–Kier alpha value is -1.34. The van der Waals surface area contributed by atoms with Gasteiger partial charge in [0.25, 0.3) is 0 Å². The van der Waals surface area contributed by atoms with Crippen LogP contribution in [0.5, 0.6) is 0 Å². The molecule has 0 saturated carbocycles. The van der Waals surface area contributed by atoms with Crippen molar-refractivity contribution < 1.29 is 18.3 Å². The van der Waals surface area contributed by atoms with E-state index in [0.717, 1.165) is 31.6 Å². The quantitative estimate of drug-likeness (QED) is 0.865. The van der Waals surface area contributed by atoms with Crippen LogP contribution >= 0.6 is 0 Å². The van der Waals surface area contributed by atoms with Crippen LogP contribution in [0.25, 0.3) is 0 Å². The van der Waals surface area contributed by atoms with Gasteiger partial charge in [0.1, 0.15) is 5.82 Å². The van der Waals surface area contributed by atoms with Crippen molar-refractivity contribution in [1.29, 1.82) is 0 Å². The largest absolute Gasteiger partial charge is 0.417 e. The Kier molecular flexibility index (Phi) is 4.82. The number of rotatable bonds is 5. The second-order valence-corrected chi connectivity index (χ2v) is 4.87. The highest BCUT2D eigenvalue weighted by molar-refractivity contribution is 5.40. The van der Waals surface area contributed by atoms with Gasteiger partial charge in [0.15, 0.2) is 0 Å². The van der Waals surface area contributed by atoms with Crippen LogP contribution in [0, 0.1) is 0 Å². The Morgan fingerprint density at radius 2 is 2.20 bits per heavy atom. The SMILES string of the molecule is OCCN(CC1CCCN1)c1ccc(C(F)(F)F)cn1. The maximum atomic E-state index is 12.5. The molecule has 0 radical (unpaired) electrons. The number of aliphatic hydroxyl groups excluding tert-OH is 1. The molecule has 2 N–H and O–H groups in total. The molecule has 0 amide bonds. The van der Waals surface area contributed by atoms with Crippen LogP contribution in [0.4, 0.5) is 19.0 Å². The van der Waals surface area contributed by atoms with E-state index in [0.29, 0.717) is 24.9 Å². The monoisotopic (exact) mass is 289 g/mol. The smallest absolute Gasteiger partial charge is 0.395 e. The number of aliphatic hydroxyl groups is 1. The van der Waals surface area contributed by atoms with Crippen LogP contribution in [-0.4, -0.2) is 42.4 Å². The first-order valence-electron chi connectivity index (χ1n) is 6.63. The van der Waals surface area contributed by atoms with Gasteiger partial charge in [0.2, 0.25) is 0 Å². The number of anilines is 1. The number of nitrogens with zero attached hydrogens (tertiary/aromatic N) is 2. The molecule has 2 heterocycles. The molecule has 112 valence electrons. The standard InChI is InChI=1S/C13H18F3N3O/c14-13(15,16)10-3-4-12(18-8-10)19(6-7-20)9-11-2-1-5-17-11/h3-4,8,11,17,20H,1-2,5-7,9H2. The first-order valence-corrected chi connectivity index (χ1v) is 6.63. The molecule has 2 rings (SSSR count). The average Bonchev–Trinajstić information content (AvgIpc) is 2.90. The molecule has 1 atom stereocenters. The summed E-state index contributed by atoms with van der Waals surface area (Å²) >= 11 is 0. The van der Waals surface area contributed by atoms with Crippen LogP contribution < -0.4 is 10.2 Å². The lowest BCUT2D eigenvalue weighted by Crippen LogP contribution is -2.39. The van der Waals surface area contributed by atoms with Gasteiger partial charge >= 0.3 is 6.18 Å². The van der Waals surface area contributed by atoms with E-state index in [1.165, 1.54) is 6.07 Å². The van der Waals surface area contributed by atoms with Crippen LogP contribution in [0.3, 0.4) is 0 Å². The lowest BCUT2D eigenvalue weighted by atomic mass is 10.2. The fourth-order valence-corrected chi connectivity index (χ4v) is 2.34. The summed E-state index contributed by atoms with van der Waals surface area (Å²) in [5, 5.41) is 12.4. The van der Waals surface area contributed by atoms with Crippen molar-refractivity contribution in [2.45, 2.75) is 25.1 Å².